The van der Waals surface area contributed by atoms with Gasteiger partial charge in [0.15, 0.2) is 0 Å². The van der Waals surface area contributed by atoms with Gasteiger partial charge in [0, 0.05) is 12.5 Å². The molecule has 0 saturated heterocycles. The molecule has 1 aromatic rings. The summed E-state index contributed by atoms with van der Waals surface area (Å²) in [6.45, 7) is 1.73. The lowest BCUT2D eigenvalue weighted by atomic mass is 10.6. The molecule has 1 aromatic heterocycles. The first kappa shape index (κ1) is 8.62. The highest BCUT2D eigenvalue weighted by molar-refractivity contribution is 7.84. The van der Waals surface area contributed by atoms with Crippen molar-refractivity contribution in [3.05, 3.63) is 17.2 Å². The maximum Gasteiger partial charge on any atom is 0.148 e. The fraction of sp³-hybridized carbons (Fsp3) is 0.333. The molecule has 5 heteroatoms. The van der Waals surface area contributed by atoms with Gasteiger partial charge in [-0.2, -0.15) is 0 Å². The summed E-state index contributed by atoms with van der Waals surface area (Å²) in [5, 5.41) is 0.276. The van der Waals surface area contributed by atoms with Crippen molar-refractivity contribution in [2.75, 3.05) is 6.26 Å². The van der Waals surface area contributed by atoms with Gasteiger partial charge in [0.2, 0.25) is 0 Å². The summed E-state index contributed by atoms with van der Waals surface area (Å²) in [7, 11) is -1.11. The van der Waals surface area contributed by atoms with Gasteiger partial charge in [0.05, 0.1) is 15.7 Å². The van der Waals surface area contributed by atoms with Crippen molar-refractivity contribution < 1.29 is 4.21 Å². The van der Waals surface area contributed by atoms with Gasteiger partial charge in [-0.25, -0.2) is 9.97 Å². The minimum Gasteiger partial charge on any atom is -0.254 e. The summed E-state index contributed by atoms with van der Waals surface area (Å²) in [4.78, 5) is 8.21. The first-order valence-corrected chi connectivity index (χ1v) is 4.87. The number of nitrogens with zero attached hydrogens (tertiary/aromatic N) is 2. The molecule has 11 heavy (non-hydrogen) atoms. The first-order chi connectivity index (χ1) is 5.11. The average Bonchev–Trinajstić information content (AvgIpc) is 1.85. The Bertz CT molecular complexity index is 303. The summed E-state index contributed by atoms with van der Waals surface area (Å²) >= 11 is 5.68. The fourth-order valence-electron chi connectivity index (χ4n) is 0.624. The molecule has 0 aliphatic heterocycles. The maximum absolute atomic E-state index is 10.9. The van der Waals surface area contributed by atoms with E-state index in [0.29, 0.717) is 10.7 Å². The summed E-state index contributed by atoms with van der Waals surface area (Å²) in [6.07, 6.45) is 3.03. The molecule has 0 N–H and O–H groups in total. The normalized spacial score (nSPS) is 13.0. The molecule has 1 atom stereocenters. The van der Waals surface area contributed by atoms with Crippen LogP contribution in [0.5, 0.6) is 0 Å². The van der Waals surface area contributed by atoms with Gasteiger partial charge in [-0.1, -0.05) is 11.6 Å². The van der Waals surface area contributed by atoms with E-state index in [2.05, 4.69) is 9.97 Å². The molecule has 0 fully saturated rings. The molecule has 0 aliphatic carbocycles. The van der Waals surface area contributed by atoms with Crippen LogP contribution in [-0.2, 0) is 10.8 Å². The van der Waals surface area contributed by atoms with Gasteiger partial charge in [0.25, 0.3) is 0 Å². The Hall–Kier alpha value is -0.480. The van der Waals surface area contributed by atoms with E-state index in [1.807, 2.05) is 0 Å². The van der Waals surface area contributed by atoms with Crippen LogP contribution in [0, 0.1) is 6.92 Å². The minimum absolute atomic E-state index is 0.276. The molecular formula is C6H7ClN2OS. The third-order valence-electron chi connectivity index (χ3n) is 1.14. The van der Waals surface area contributed by atoms with Crippen LogP contribution in [-0.4, -0.2) is 20.4 Å². The Morgan fingerprint density at radius 1 is 1.64 bits per heavy atom. The SMILES string of the molecule is Cc1ncc(S(C)=O)c(Cl)n1. The molecule has 0 aromatic carbocycles. The predicted octanol–water partition coefficient (Wildman–Crippen LogP) is 1.18. The zero-order valence-corrected chi connectivity index (χ0v) is 7.74. The summed E-state index contributed by atoms with van der Waals surface area (Å²) < 4.78 is 10.9. The smallest absolute Gasteiger partial charge is 0.148 e. The molecule has 1 unspecified atom stereocenters. The Morgan fingerprint density at radius 2 is 2.27 bits per heavy atom. The molecule has 60 valence electrons. The van der Waals surface area contributed by atoms with Crippen molar-refractivity contribution in [3.8, 4) is 0 Å². The van der Waals surface area contributed by atoms with Crippen molar-refractivity contribution in [1.29, 1.82) is 0 Å². The number of aryl methyl sites for hydroxylation is 1. The van der Waals surface area contributed by atoms with E-state index < -0.39 is 10.8 Å². The number of halogens is 1. The second-order valence-corrected chi connectivity index (χ2v) is 3.73. The van der Waals surface area contributed by atoms with Crippen LogP contribution in [0.3, 0.4) is 0 Å². The lowest BCUT2D eigenvalue weighted by molar-refractivity contribution is 0.686. The van der Waals surface area contributed by atoms with Gasteiger partial charge in [0.1, 0.15) is 11.0 Å². The van der Waals surface area contributed by atoms with Crippen LogP contribution >= 0.6 is 11.6 Å². The van der Waals surface area contributed by atoms with Crippen molar-refractivity contribution in [2.45, 2.75) is 11.8 Å². The van der Waals surface area contributed by atoms with Gasteiger partial charge >= 0.3 is 0 Å². The summed E-state index contributed by atoms with van der Waals surface area (Å²) in [6, 6.07) is 0. The Kier molecular flexibility index (Phi) is 2.57. The second kappa shape index (κ2) is 3.28. The molecule has 0 saturated carbocycles. The van der Waals surface area contributed by atoms with Crippen LogP contribution in [0.15, 0.2) is 11.1 Å². The van der Waals surface area contributed by atoms with E-state index in [0.717, 1.165) is 0 Å². The number of hydrogen-bond donors (Lipinski definition) is 0. The monoisotopic (exact) mass is 190 g/mol. The van der Waals surface area contributed by atoms with Crippen molar-refractivity contribution in [2.24, 2.45) is 0 Å². The van der Waals surface area contributed by atoms with Crippen LogP contribution in [0.4, 0.5) is 0 Å². The van der Waals surface area contributed by atoms with Gasteiger partial charge in [-0.15, -0.1) is 0 Å². The van der Waals surface area contributed by atoms with Gasteiger partial charge in [-0.3, -0.25) is 4.21 Å². The van der Waals surface area contributed by atoms with E-state index in [1.165, 1.54) is 6.20 Å². The zero-order valence-electron chi connectivity index (χ0n) is 6.17. The minimum atomic E-state index is -1.11. The average molecular weight is 191 g/mol. The van der Waals surface area contributed by atoms with E-state index in [9.17, 15) is 4.21 Å². The standard InChI is InChI=1S/C6H7ClN2OS/c1-4-8-3-5(11(2)10)6(7)9-4/h3H,1-2H3. The number of rotatable bonds is 1. The third-order valence-corrected chi connectivity index (χ3v) is 2.46. The molecular weight excluding hydrogens is 184 g/mol. The molecule has 0 spiro atoms. The first-order valence-electron chi connectivity index (χ1n) is 2.94. The lowest BCUT2D eigenvalue weighted by Crippen LogP contribution is -1.95. The van der Waals surface area contributed by atoms with E-state index >= 15 is 0 Å². The topological polar surface area (TPSA) is 42.9 Å². The van der Waals surface area contributed by atoms with Gasteiger partial charge in [-0.05, 0) is 6.92 Å². The summed E-state index contributed by atoms with van der Waals surface area (Å²) in [5.74, 6) is 0.587. The van der Waals surface area contributed by atoms with Crippen LogP contribution in [0.25, 0.3) is 0 Å². The summed E-state index contributed by atoms with van der Waals surface area (Å²) in [5.41, 5.74) is 0. The van der Waals surface area contributed by atoms with Gasteiger partial charge < -0.3 is 0 Å². The van der Waals surface area contributed by atoms with Crippen LogP contribution in [0.1, 0.15) is 5.82 Å². The Labute approximate surface area is 72.3 Å². The van der Waals surface area contributed by atoms with Crippen LogP contribution in [0.2, 0.25) is 5.15 Å². The largest absolute Gasteiger partial charge is 0.254 e. The molecule has 1 rings (SSSR count). The molecule has 1 heterocycles. The fourth-order valence-corrected chi connectivity index (χ4v) is 1.61. The molecule has 0 amide bonds. The lowest BCUT2D eigenvalue weighted by Gasteiger charge is -1.98. The highest BCUT2D eigenvalue weighted by Gasteiger charge is 2.05. The predicted molar refractivity (Wildman–Crippen MR) is 44.1 cm³/mol. The van der Waals surface area contributed by atoms with Crippen LogP contribution < -0.4 is 0 Å². The molecule has 0 aliphatic rings. The maximum atomic E-state index is 10.9. The molecule has 3 nitrogen and oxygen atoms in total. The zero-order chi connectivity index (χ0) is 8.43. The molecule has 0 bridgehead atoms. The number of aromatic nitrogens is 2. The Morgan fingerprint density at radius 3 is 2.73 bits per heavy atom. The van der Waals surface area contributed by atoms with E-state index in [4.69, 9.17) is 11.6 Å². The van der Waals surface area contributed by atoms with Crippen molar-refractivity contribution in [3.63, 3.8) is 0 Å². The van der Waals surface area contributed by atoms with E-state index in [-0.39, 0.29) is 5.15 Å². The molecule has 0 radical (unpaired) electrons. The Balaban J connectivity index is 3.20. The highest BCUT2D eigenvalue weighted by Crippen LogP contribution is 2.14. The quantitative estimate of drug-likeness (QED) is 0.625. The highest BCUT2D eigenvalue weighted by atomic mass is 35.5. The second-order valence-electron chi connectivity index (χ2n) is 2.03. The van der Waals surface area contributed by atoms with Crippen molar-refractivity contribution >= 4 is 22.4 Å². The number of hydrogen-bond acceptors (Lipinski definition) is 3. The van der Waals surface area contributed by atoms with E-state index in [1.54, 1.807) is 13.2 Å². The third kappa shape index (κ3) is 1.97. The van der Waals surface area contributed by atoms with Crippen molar-refractivity contribution in [1.82, 2.24) is 9.97 Å².